The minimum atomic E-state index is -1.91. The van der Waals surface area contributed by atoms with Crippen molar-refractivity contribution in [1.29, 1.82) is 0 Å². The highest BCUT2D eigenvalue weighted by Gasteiger charge is 2.40. The second-order valence-corrected chi connectivity index (χ2v) is 13.2. The number of hydrogen-bond donors (Lipinski definition) is 0. The average molecular weight is 371 g/mol. The minimum Gasteiger partial charge on any atom is -0.543 e. The largest absolute Gasteiger partial charge is 0.543 e. The van der Waals surface area contributed by atoms with Gasteiger partial charge in [-0.2, -0.15) is 0 Å². The summed E-state index contributed by atoms with van der Waals surface area (Å²) in [7, 11) is -1.91. The molecule has 0 aliphatic heterocycles. The van der Waals surface area contributed by atoms with Crippen LogP contribution in [0, 0.1) is 0 Å². The fourth-order valence-electron chi connectivity index (χ4n) is 2.53. The molecule has 0 N–H and O–H groups in total. The lowest BCUT2D eigenvalue weighted by atomic mass is 10.00. The molecule has 0 atom stereocenters. The lowest BCUT2D eigenvalue weighted by Crippen LogP contribution is -2.40. The van der Waals surface area contributed by atoms with E-state index in [0.717, 1.165) is 37.9 Å². The Morgan fingerprint density at radius 3 is 2.31 bits per heavy atom. The molecule has 1 nitrogen and oxygen atoms in total. The van der Waals surface area contributed by atoms with Gasteiger partial charge < -0.3 is 4.43 Å². The third kappa shape index (κ3) is 6.99. The van der Waals surface area contributed by atoms with Crippen molar-refractivity contribution in [3.05, 3.63) is 66.3 Å². The van der Waals surface area contributed by atoms with Crippen LogP contribution >= 0.6 is 0 Å². The first-order chi connectivity index (χ1) is 12.2. The lowest BCUT2D eigenvalue weighted by molar-refractivity contribution is 0.451. The van der Waals surface area contributed by atoms with Crippen molar-refractivity contribution in [1.82, 2.24) is 0 Å². The van der Waals surface area contributed by atoms with Gasteiger partial charge in [0.1, 0.15) is 5.76 Å². The van der Waals surface area contributed by atoms with Crippen LogP contribution in [0.4, 0.5) is 0 Å². The van der Waals surface area contributed by atoms with Crippen LogP contribution in [0.1, 0.15) is 65.4 Å². The predicted octanol–water partition coefficient (Wildman–Crippen LogP) is 8.13. The molecule has 1 aromatic rings. The summed E-state index contributed by atoms with van der Waals surface area (Å²) >= 11 is 0. The molecule has 0 bridgehead atoms. The maximum Gasteiger partial charge on any atom is 0.250 e. The van der Waals surface area contributed by atoms with Gasteiger partial charge in [0.25, 0.3) is 8.32 Å². The van der Waals surface area contributed by atoms with Gasteiger partial charge in [0.15, 0.2) is 0 Å². The molecular weight excluding hydrogens is 332 g/mol. The number of rotatable bonds is 10. The van der Waals surface area contributed by atoms with Crippen molar-refractivity contribution in [2.75, 3.05) is 0 Å². The second kappa shape index (κ2) is 10.6. The molecule has 0 saturated heterocycles. The van der Waals surface area contributed by atoms with E-state index in [1.807, 2.05) is 6.08 Å². The summed E-state index contributed by atoms with van der Waals surface area (Å²) in [5, 5.41) is 0.177. The van der Waals surface area contributed by atoms with Gasteiger partial charge in [0.05, 0.1) is 0 Å². The molecular formula is C24H38OSi. The Labute approximate surface area is 163 Å². The summed E-state index contributed by atoms with van der Waals surface area (Å²) < 4.78 is 6.83. The molecule has 0 radical (unpaired) electrons. The van der Waals surface area contributed by atoms with E-state index >= 15 is 0 Å². The third-order valence-electron chi connectivity index (χ3n) is 5.16. The van der Waals surface area contributed by atoms with Crippen LogP contribution in [-0.2, 0) is 4.43 Å². The Balaban J connectivity index is 3.21. The van der Waals surface area contributed by atoms with Gasteiger partial charge in [-0.1, -0.05) is 76.3 Å². The van der Waals surface area contributed by atoms with Gasteiger partial charge in [0, 0.05) is 5.56 Å². The van der Waals surface area contributed by atoms with Gasteiger partial charge in [-0.25, -0.2) is 0 Å². The van der Waals surface area contributed by atoms with Crippen LogP contribution in [0.2, 0.25) is 18.1 Å². The zero-order valence-corrected chi connectivity index (χ0v) is 18.8. The van der Waals surface area contributed by atoms with Crippen molar-refractivity contribution in [3.63, 3.8) is 0 Å². The third-order valence-corrected chi connectivity index (χ3v) is 9.49. The first-order valence-electron chi connectivity index (χ1n) is 9.95. The van der Waals surface area contributed by atoms with E-state index in [-0.39, 0.29) is 5.04 Å². The summed E-state index contributed by atoms with van der Waals surface area (Å²) in [6, 6.07) is 10.6. The second-order valence-electron chi connectivity index (χ2n) is 8.43. The molecule has 2 heteroatoms. The van der Waals surface area contributed by atoms with E-state index in [1.165, 1.54) is 11.1 Å². The number of benzene rings is 1. The Hall–Kier alpha value is -1.54. The topological polar surface area (TPSA) is 9.23 Å². The zero-order valence-electron chi connectivity index (χ0n) is 17.8. The van der Waals surface area contributed by atoms with Crippen LogP contribution in [0.25, 0.3) is 5.76 Å². The van der Waals surface area contributed by atoms with E-state index in [9.17, 15) is 0 Å². The maximum atomic E-state index is 6.83. The van der Waals surface area contributed by atoms with Crippen molar-refractivity contribution in [3.8, 4) is 0 Å². The van der Waals surface area contributed by atoms with Crippen LogP contribution < -0.4 is 0 Å². The average Bonchev–Trinajstić information content (AvgIpc) is 2.58. The van der Waals surface area contributed by atoms with E-state index < -0.39 is 8.32 Å². The molecule has 1 rings (SSSR count). The van der Waals surface area contributed by atoms with E-state index in [4.69, 9.17) is 4.43 Å². The number of unbranched alkanes of at least 4 members (excludes halogenated alkanes) is 1. The summed E-state index contributed by atoms with van der Waals surface area (Å²) in [5.41, 5.74) is 2.57. The van der Waals surface area contributed by atoms with Gasteiger partial charge in [-0.3, -0.25) is 0 Å². The van der Waals surface area contributed by atoms with Crippen molar-refractivity contribution in [2.45, 2.75) is 77.9 Å². The summed E-state index contributed by atoms with van der Waals surface area (Å²) in [4.78, 5) is 0. The molecule has 26 heavy (non-hydrogen) atoms. The first kappa shape index (κ1) is 22.5. The highest BCUT2D eigenvalue weighted by atomic mass is 28.4. The molecule has 1 aromatic carbocycles. The smallest absolute Gasteiger partial charge is 0.250 e. The maximum absolute atomic E-state index is 6.83. The van der Waals surface area contributed by atoms with Crippen LogP contribution in [0.3, 0.4) is 0 Å². The van der Waals surface area contributed by atoms with Crippen LogP contribution in [0.15, 0.2) is 60.7 Å². The summed E-state index contributed by atoms with van der Waals surface area (Å²) in [6.45, 7) is 17.7. The van der Waals surface area contributed by atoms with Crippen molar-refractivity contribution in [2.24, 2.45) is 0 Å². The Kier molecular flexibility index (Phi) is 9.14. The molecule has 0 unspecified atom stereocenters. The van der Waals surface area contributed by atoms with Crippen LogP contribution in [-0.4, -0.2) is 8.32 Å². The van der Waals surface area contributed by atoms with Gasteiger partial charge in [0.2, 0.25) is 0 Å². The lowest BCUT2D eigenvalue weighted by Gasteiger charge is -2.38. The molecule has 0 aliphatic rings. The van der Waals surface area contributed by atoms with E-state index in [2.05, 4.69) is 89.9 Å². The molecule has 0 aliphatic carbocycles. The quantitative estimate of drug-likeness (QED) is 0.175. The Morgan fingerprint density at radius 2 is 1.77 bits per heavy atom. The van der Waals surface area contributed by atoms with Gasteiger partial charge >= 0.3 is 0 Å². The SMILES string of the molecule is C=CC/C(CCC/C=C\CC)=C(\O[Si](C)(C)C(C)(C)C)c1ccccc1. The van der Waals surface area contributed by atoms with E-state index in [0.29, 0.717) is 0 Å². The number of hydrogen-bond acceptors (Lipinski definition) is 1. The Morgan fingerprint density at radius 1 is 1.12 bits per heavy atom. The van der Waals surface area contributed by atoms with Crippen molar-refractivity contribution < 1.29 is 4.43 Å². The van der Waals surface area contributed by atoms with Crippen molar-refractivity contribution >= 4 is 14.1 Å². The zero-order chi connectivity index (χ0) is 19.6. The molecule has 0 heterocycles. The van der Waals surface area contributed by atoms with Crippen LogP contribution in [0.5, 0.6) is 0 Å². The highest BCUT2D eigenvalue weighted by Crippen LogP contribution is 2.41. The summed E-state index contributed by atoms with van der Waals surface area (Å²) in [5.74, 6) is 1.09. The molecule has 0 aromatic heterocycles. The molecule has 0 saturated carbocycles. The normalized spacial score (nSPS) is 13.6. The molecule has 0 fully saturated rings. The van der Waals surface area contributed by atoms with E-state index in [1.54, 1.807) is 0 Å². The summed E-state index contributed by atoms with van der Waals surface area (Å²) in [6.07, 6.45) is 11.9. The van der Waals surface area contributed by atoms with Gasteiger partial charge in [-0.15, -0.1) is 6.58 Å². The molecule has 144 valence electrons. The highest BCUT2D eigenvalue weighted by molar-refractivity contribution is 6.74. The first-order valence-corrected chi connectivity index (χ1v) is 12.9. The fraction of sp³-hybridized carbons (Fsp3) is 0.500. The standard InChI is InChI=1S/C24H38OSi/c1-8-10-11-12-14-18-21(17-9-2)23(22-19-15-13-16-20-22)25-26(6,7)24(3,4)5/h9-11,13,15-16,19-20H,2,8,12,14,17-18H2,1,3-7H3/b11-10-,23-21+. The fourth-order valence-corrected chi connectivity index (χ4v) is 3.61. The minimum absolute atomic E-state index is 0.177. The van der Waals surface area contributed by atoms with Gasteiger partial charge in [-0.05, 0) is 55.8 Å². The monoisotopic (exact) mass is 370 g/mol. The molecule has 0 amide bonds. The number of allylic oxidation sites excluding steroid dienone is 4. The predicted molar refractivity (Wildman–Crippen MR) is 120 cm³/mol. The Bertz CT molecular complexity index is 603. The molecule has 0 spiro atoms.